The van der Waals surface area contributed by atoms with Crippen LogP contribution in [0.4, 0.5) is 0 Å². The molecule has 1 aliphatic heterocycles. The molecule has 1 atom stereocenters. The van der Waals surface area contributed by atoms with Crippen molar-refractivity contribution in [3.05, 3.63) is 35.4 Å². The van der Waals surface area contributed by atoms with E-state index in [1.807, 2.05) is 0 Å². The monoisotopic (exact) mass is 289 g/mol. The maximum atomic E-state index is 3.49. The van der Waals surface area contributed by atoms with Crippen LogP contribution in [0.3, 0.4) is 0 Å². The lowest BCUT2D eigenvalue weighted by atomic mass is 9.98. The summed E-state index contributed by atoms with van der Waals surface area (Å²) in [5, 5.41) is 3.49. The van der Waals surface area contributed by atoms with Gasteiger partial charge in [-0.15, -0.1) is 0 Å². The van der Waals surface area contributed by atoms with E-state index in [0.29, 0.717) is 6.04 Å². The van der Waals surface area contributed by atoms with Crippen LogP contribution in [0, 0.1) is 0 Å². The van der Waals surface area contributed by atoms with Crippen LogP contribution in [-0.4, -0.2) is 55.6 Å². The number of aryl methyl sites for hydroxylation is 1. The Morgan fingerprint density at radius 3 is 2.38 bits per heavy atom. The second-order valence-corrected chi connectivity index (χ2v) is 6.91. The lowest BCUT2D eigenvalue weighted by Gasteiger charge is -2.46. The van der Waals surface area contributed by atoms with Gasteiger partial charge < -0.3 is 5.32 Å². The van der Waals surface area contributed by atoms with Gasteiger partial charge in [-0.2, -0.15) is 0 Å². The van der Waals surface area contributed by atoms with Crippen LogP contribution in [-0.2, 0) is 6.42 Å². The fourth-order valence-electron chi connectivity index (χ4n) is 3.10. The van der Waals surface area contributed by atoms with Crippen LogP contribution in [0.5, 0.6) is 0 Å². The van der Waals surface area contributed by atoms with Crippen LogP contribution >= 0.6 is 0 Å². The lowest BCUT2D eigenvalue weighted by molar-refractivity contribution is 0.0355. The molecule has 2 rings (SSSR count). The SMILES string of the molecule is CCc1ccc(C(CN2CCN(C)C(C)(C)C2)NC)cc1. The molecule has 1 aliphatic rings. The summed E-state index contributed by atoms with van der Waals surface area (Å²) in [5.74, 6) is 0. The number of benzene rings is 1. The zero-order valence-corrected chi connectivity index (χ0v) is 14.3. The van der Waals surface area contributed by atoms with E-state index in [-0.39, 0.29) is 5.54 Å². The van der Waals surface area contributed by atoms with Crippen molar-refractivity contribution in [1.82, 2.24) is 15.1 Å². The summed E-state index contributed by atoms with van der Waals surface area (Å²) in [6.45, 7) is 11.4. The Morgan fingerprint density at radius 1 is 1.19 bits per heavy atom. The first kappa shape index (κ1) is 16.5. The lowest BCUT2D eigenvalue weighted by Crippen LogP contribution is -2.58. The molecule has 1 heterocycles. The van der Waals surface area contributed by atoms with Gasteiger partial charge >= 0.3 is 0 Å². The van der Waals surface area contributed by atoms with Crippen molar-refractivity contribution in [3.8, 4) is 0 Å². The van der Waals surface area contributed by atoms with Gasteiger partial charge in [0.2, 0.25) is 0 Å². The van der Waals surface area contributed by atoms with E-state index in [1.165, 1.54) is 11.1 Å². The minimum Gasteiger partial charge on any atom is -0.312 e. The highest BCUT2D eigenvalue weighted by Crippen LogP contribution is 2.22. The van der Waals surface area contributed by atoms with Crippen molar-refractivity contribution < 1.29 is 0 Å². The van der Waals surface area contributed by atoms with Crippen molar-refractivity contribution in [3.63, 3.8) is 0 Å². The zero-order chi connectivity index (χ0) is 15.5. The number of piperazine rings is 1. The Morgan fingerprint density at radius 2 is 1.86 bits per heavy atom. The molecule has 118 valence electrons. The van der Waals surface area contributed by atoms with Crippen molar-refractivity contribution in [1.29, 1.82) is 0 Å². The summed E-state index contributed by atoms with van der Waals surface area (Å²) in [6.07, 6.45) is 1.11. The first-order valence-electron chi connectivity index (χ1n) is 8.16. The highest BCUT2D eigenvalue weighted by atomic mass is 15.3. The predicted molar refractivity (Wildman–Crippen MR) is 90.8 cm³/mol. The Balaban J connectivity index is 2.01. The van der Waals surface area contributed by atoms with Crippen LogP contribution in [0.15, 0.2) is 24.3 Å². The van der Waals surface area contributed by atoms with E-state index in [9.17, 15) is 0 Å². The number of hydrogen-bond acceptors (Lipinski definition) is 3. The van der Waals surface area contributed by atoms with Crippen LogP contribution in [0.25, 0.3) is 0 Å². The van der Waals surface area contributed by atoms with Gasteiger partial charge in [0.05, 0.1) is 0 Å². The standard InChI is InChI=1S/C18H31N3/c1-6-15-7-9-16(10-8-15)17(19-4)13-21-12-11-20(5)18(2,3)14-21/h7-10,17,19H,6,11-14H2,1-5H3. The molecule has 0 saturated carbocycles. The maximum Gasteiger partial charge on any atom is 0.0446 e. The molecule has 1 N–H and O–H groups in total. The van der Waals surface area contributed by atoms with E-state index >= 15 is 0 Å². The van der Waals surface area contributed by atoms with Crippen molar-refractivity contribution in [2.45, 2.75) is 38.8 Å². The molecule has 1 saturated heterocycles. The third kappa shape index (κ3) is 4.06. The van der Waals surface area contributed by atoms with Gasteiger partial charge in [0, 0.05) is 37.8 Å². The summed E-state index contributed by atoms with van der Waals surface area (Å²) in [5.41, 5.74) is 3.07. The number of likely N-dealkylation sites (N-methyl/N-ethyl adjacent to an activating group) is 2. The van der Waals surface area contributed by atoms with Gasteiger partial charge in [-0.25, -0.2) is 0 Å². The van der Waals surface area contributed by atoms with Crippen molar-refractivity contribution in [2.24, 2.45) is 0 Å². The first-order valence-corrected chi connectivity index (χ1v) is 8.16. The maximum absolute atomic E-state index is 3.49. The second-order valence-electron chi connectivity index (χ2n) is 6.91. The molecule has 1 aromatic rings. The fourth-order valence-corrected chi connectivity index (χ4v) is 3.10. The molecular weight excluding hydrogens is 258 g/mol. The zero-order valence-electron chi connectivity index (χ0n) is 14.3. The molecular formula is C18H31N3. The number of rotatable bonds is 5. The number of nitrogens with one attached hydrogen (secondary N) is 1. The van der Waals surface area contributed by atoms with E-state index in [0.717, 1.165) is 32.6 Å². The summed E-state index contributed by atoms with van der Waals surface area (Å²) < 4.78 is 0. The molecule has 0 aliphatic carbocycles. The normalized spacial score (nSPS) is 21.4. The predicted octanol–water partition coefficient (Wildman–Crippen LogP) is 2.54. The van der Waals surface area contributed by atoms with E-state index < -0.39 is 0 Å². The van der Waals surface area contributed by atoms with Crippen molar-refractivity contribution >= 4 is 0 Å². The molecule has 1 unspecified atom stereocenters. The van der Waals surface area contributed by atoms with Gasteiger partial charge in [0.25, 0.3) is 0 Å². The molecule has 0 amide bonds. The van der Waals surface area contributed by atoms with Gasteiger partial charge in [-0.05, 0) is 45.5 Å². The third-order valence-electron chi connectivity index (χ3n) is 4.98. The summed E-state index contributed by atoms with van der Waals surface area (Å²) in [6, 6.07) is 9.49. The summed E-state index contributed by atoms with van der Waals surface area (Å²) in [7, 11) is 4.30. The van der Waals surface area contributed by atoms with E-state index in [4.69, 9.17) is 0 Å². The average Bonchev–Trinajstić information content (AvgIpc) is 2.48. The van der Waals surface area contributed by atoms with Crippen molar-refractivity contribution in [2.75, 3.05) is 40.3 Å². The Kier molecular flexibility index (Phi) is 5.42. The van der Waals surface area contributed by atoms with Crippen LogP contribution in [0.1, 0.15) is 37.9 Å². The number of hydrogen-bond donors (Lipinski definition) is 1. The molecule has 1 fully saturated rings. The van der Waals surface area contributed by atoms with Crippen LogP contribution < -0.4 is 5.32 Å². The van der Waals surface area contributed by atoms with Gasteiger partial charge in [-0.1, -0.05) is 31.2 Å². The average molecular weight is 289 g/mol. The summed E-state index contributed by atoms with van der Waals surface area (Å²) in [4.78, 5) is 5.06. The molecule has 3 nitrogen and oxygen atoms in total. The highest BCUT2D eigenvalue weighted by molar-refractivity contribution is 5.25. The molecule has 3 heteroatoms. The third-order valence-corrected chi connectivity index (χ3v) is 4.98. The minimum atomic E-state index is 0.266. The smallest absolute Gasteiger partial charge is 0.0446 e. The van der Waals surface area contributed by atoms with Gasteiger partial charge in [0.1, 0.15) is 0 Å². The first-order chi connectivity index (χ1) is 9.96. The van der Waals surface area contributed by atoms with Crippen LogP contribution in [0.2, 0.25) is 0 Å². The number of nitrogens with zero attached hydrogens (tertiary/aromatic N) is 2. The minimum absolute atomic E-state index is 0.266. The molecule has 1 aromatic carbocycles. The Labute approximate surface area is 130 Å². The van der Waals surface area contributed by atoms with E-state index in [1.54, 1.807) is 0 Å². The van der Waals surface area contributed by atoms with Gasteiger partial charge in [0.15, 0.2) is 0 Å². The highest BCUT2D eigenvalue weighted by Gasteiger charge is 2.31. The molecule has 0 spiro atoms. The topological polar surface area (TPSA) is 18.5 Å². The quantitative estimate of drug-likeness (QED) is 0.898. The summed E-state index contributed by atoms with van der Waals surface area (Å²) >= 11 is 0. The fraction of sp³-hybridized carbons (Fsp3) is 0.667. The van der Waals surface area contributed by atoms with Gasteiger partial charge in [-0.3, -0.25) is 9.80 Å². The Bertz CT molecular complexity index is 438. The second kappa shape index (κ2) is 6.91. The molecule has 0 radical (unpaired) electrons. The van der Waals surface area contributed by atoms with E-state index in [2.05, 4.69) is 74.2 Å². The molecule has 21 heavy (non-hydrogen) atoms. The molecule has 0 aromatic heterocycles. The largest absolute Gasteiger partial charge is 0.312 e. The Hall–Kier alpha value is -0.900. The molecule has 0 bridgehead atoms.